The molecule has 0 aromatic heterocycles. The largest absolute Gasteiger partial charge is 0.341 e. The molecule has 1 amide bonds. The molecule has 23 heavy (non-hydrogen) atoms. The van der Waals surface area contributed by atoms with E-state index in [9.17, 15) is 4.79 Å². The van der Waals surface area contributed by atoms with Crippen LogP contribution in [0.15, 0.2) is 0 Å². The number of unbranched alkanes of at least 4 members (excludes halogenated alkanes) is 6. The van der Waals surface area contributed by atoms with E-state index in [4.69, 9.17) is 0 Å². The molecule has 0 spiro atoms. The van der Waals surface area contributed by atoms with Crippen molar-refractivity contribution >= 4 is 5.91 Å². The van der Waals surface area contributed by atoms with Gasteiger partial charge in [0, 0.05) is 31.6 Å². The Labute approximate surface area is 144 Å². The van der Waals surface area contributed by atoms with Gasteiger partial charge in [0.15, 0.2) is 0 Å². The zero-order chi connectivity index (χ0) is 17.0. The molecular formula is C20H40N2O. The van der Waals surface area contributed by atoms with Gasteiger partial charge in [0.05, 0.1) is 0 Å². The number of nitrogens with zero attached hydrogens (tertiary/aromatic N) is 1. The molecule has 0 radical (unpaired) electrons. The molecule has 1 saturated heterocycles. The Morgan fingerprint density at radius 2 is 1.61 bits per heavy atom. The van der Waals surface area contributed by atoms with Crippen molar-refractivity contribution in [3.63, 3.8) is 0 Å². The predicted molar refractivity (Wildman–Crippen MR) is 99.7 cm³/mol. The van der Waals surface area contributed by atoms with E-state index >= 15 is 0 Å². The van der Waals surface area contributed by atoms with Crippen LogP contribution in [0.1, 0.15) is 97.8 Å². The first-order valence-electron chi connectivity index (χ1n) is 10.1. The quantitative estimate of drug-likeness (QED) is 0.461. The van der Waals surface area contributed by atoms with Crippen LogP contribution in [0.25, 0.3) is 0 Å². The molecule has 0 bridgehead atoms. The number of nitrogens with one attached hydrogen (secondary N) is 1. The second-order valence-electron chi connectivity index (χ2n) is 7.59. The SMILES string of the molecule is CCCCCCCC(C)(CCCCC)NCCN1CCCC1=O. The van der Waals surface area contributed by atoms with E-state index in [0.717, 1.165) is 32.5 Å². The Bertz CT molecular complexity index is 319. The zero-order valence-electron chi connectivity index (χ0n) is 16.0. The lowest BCUT2D eigenvalue weighted by Crippen LogP contribution is -2.46. The molecule has 1 aliphatic heterocycles. The molecule has 1 heterocycles. The second kappa shape index (κ2) is 11.9. The highest BCUT2D eigenvalue weighted by atomic mass is 16.2. The van der Waals surface area contributed by atoms with Crippen molar-refractivity contribution in [3.8, 4) is 0 Å². The summed E-state index contributed by atoms with van der Waals surface area (Å²) in [5.74, 6) is 0.346. The molecule has 3 heteroatoms. The molecule has 1 aliphatic rings. The van der Waals surface area contributed by atoms with E-state index in [-0.39, 0.29) is 5.54 Å². The number of carbonyl (C=O) groups is 1. The molecule has 136 valence electrons. The number of likely N-dealkylation sites (tertiary alicyclic amines) is 1. The zero-order valence-corrected chi connectivity index (χ0v) is 16.0. The summed E-state index contributed by atoms with van der Waals surface area (Å²) >= 11 is 0. The third-order valence-electron chi connectivity index (χ3n) is 5.27. The number of hydrogen-bond acceptors (Lipinski definition) is 2. The molecule has 0 saturated carbocycles. The van der Waals surface area contributed by atoms with Gasteiger partial charge in [0.1, 0.15) is 0 Å². The average Bonchev–Trinajstić information content (AvgIpc) is 2.93. The number of rotatable bonds is 14. The lowest BCUT2D eigenvalue weighted by molar-refractivity contribution is -0.127. The van der Waals surface area contributed by atoms with Crippen LogP contribution in [-0.4, -0.2) is 36.0 Å². The van der Waals surface area contributed by atoms with E-state index in [1.165, 1.54) is 64.2 Å². The van der Waals surface area contributed by atoms with Crippen molar-refractivity contribution in [1.82, 2.24) is 10.2 Å². The Balaban J connectivity index is 2.31. The van der Waals surface area contributed by atoms with Crippen LogP contribution in [-0.2, 0) is 4.79 Å². The fraction of sp³-hybridized carbons (Fsp3) is 0.950. The molecule has 1 rings (SSSR count). The van der Waals surface area contributed by atoms with Gasteiger partial charge >= 0.3 is 0 Å². The third kappa shape index (κ3) is 8.74. The molecule has 1 fully saturated rings. The summed E-state index contributed by atoms with van der Waals surface area (Å²) in [6.07, 6.45) is 15.0. The van der Waals surface area contributed by atoms with Crippen molar-refractivity contribution in [2.24, 2.45) is 0 Å². The number of carbonyl (C=O) groups excluding carboxylic acids is 1. The van der Waals surface area contributed by atoms with Gasteiger partial charge in [-0.1, -0.05) is 65.2 Å². The molecule has 1 N–H and O–H groups in total. The summed E-state index contributed by atoms with van der Waals surface area (Å²) in [5.41, 5.74) is 0.254. The van der Waals surface area contributed by atoms with Crippen LogP contribution in [0.3, 0.4) is 0 Å². The monoisotopic (exact) mass is 324 g/mol. The molecule has 0 aromatic carbocycles. The van der Waals surface area contributed by atoms with E-state index in [0.29, 0.717) is 5.91 Å². The minimum Gasteiger partial charge on any atom is -0.341 e. The topological polar surface area (TPSA) is 32.3 Å². The lowest BCUT2D eigenvalue weighted by atomic mass is 9.88. The van der Waals surface area contributed by atoms with Gasteiger partial charge in [-0.2, -0.15) is 0 Å². The van der Waals surface area contributed by atoms with Crippen molar-refractivity contribution in [3.05, 3.63) is 0 Å². The molecule has 1 atom stereocenters. The molecule has 0 aliphatic carbocycles. The van der Waals surface area contributed by atoms with Crippen LogP contribution in [0.2, 0.25) is 0 Å². The van der Waals surface area contributed by atoms with Gasteiger partial charge in [-0.25, -0.2) is 0 Å². The summed E-state index contributed by atoms with van der Waals surface area (Å²) in [6.45, 7) is 9.74. The predicted octanol–water partition coefficient (Wildman–Crippen LogP) is 4.90. The van der Waals surface area contributed by atoms with Gasteiger partial charge < -0.3 is 10.2 Å². The first-order valence-corrected chi connectivity index (χ1v) is 10.1. The Hall–Kier alpha value is -0.570. The van der Waals surface area contributed by atoms with E-state index < -0.39 is 0 Å². The van der Waals surface area contributed by atoms with E-state index in [2.05, 4.69) is 26.1 Å². The van der Waals surface area contributed by atoms with Crippen LogP contribution in [0, 0.1) is 0 Å². The summed E-state index contributed by atoms with van der Waals surface area (Å²) in [5, 5.41) is 3.80. The van der Waals surface area contributed by atoms with Crippen LogP contribution in [0.5, 0.6) is 0 Å². The highest BCUT2D eigenvalue weighted by Gasteiger charge is 2.24. The maximum absolute atomic E-state index is 11.7. The summed E-state index contributed by atoms with van der Waals surface area (Å²) < 4.78 is 0. The maximum Gasteiger partial charge on any atom is 0.222 e. The fourth-order valence-electron chi connectivity index (χ4n) is 3.62. The normalized spacial score (nSPS) is 17.7. The second-order valence-corrected chi connectivity index (χ2v) is 7.59. The van der Waals surface area contributed by atoms with Gasteiger partial charge in [0.25, 0.3) is 0 Å². The van der Waals surface area contributed by atoms with Crippen LogP contribution >= 0.6 is 0 Å². The van der Waals surface area contributed by atoms with E-state index in [1.807, 2.05) is 4.90 Å². The van der Waals surface area contributed by atoms with Crippen molar-refractivity contribution in [2.45, 2.75) is 103 Å². The van der Waals surface area contributed by atoms with Gasteiger partial charge in [0.2, 0.25) is 5.91 Å². The molecule has 3 nitrogen and oxygen atoms in total. The Morgan fingerprint density at radius 3 is 2.22 bits per heavy atom. The first kappa shape index (κ1) is 20.5. The highest BCUT2D eigenvalue weighted by Crippen LogP contribution is 2.22. The fourth-order valence-corrected chi connectivity index (χ4v) is 3.62. The van der Waals surface area contributed by atoms with E-state index in [1.54, 1.807) is 0 Å². The van der Waals surface area contributed by atoms with Crippen molar-refractivity contribution in [2.75, 3.05) is 19.6 Å². The summed E-state index contributed by atoms with van der Waals surface area (Å²) in [4.78, 5) is 13.7. The van der Waals surface area contributed by atoms with Gasteiger partial charge in [-0.15, -0.1) is 0 Å². The summed E-state index contributed by atoms with van der Waals surface area (Å²) in [6, 6.07) is 0. The standard InChI is InChI=1S/C20H40N2O/c1-4-6-8-9-11-15-20(3,14-10-7-5-2)21-16-18-22-17-12-13-19(22)23/h21H,4-18H2,1-3H3. The smallest absolute Gasteiger partial charge is 0.222 e. The Kier molecular flexibility index (Phi) is 10.6. The van der Waals surface area contributed by atoms with Gasteiger partial charge in [-0.3, -0.25) is 4.79 Å². The van der Waals surface area contributed by atoms with Crippen LogP contribution < -0.4 is 5.32 Å². The third-order valence-corrected chi connectivity index (χ3v) is 5.27. The molecule has 0 aromatic rings. The average molecular weight is 325 g/mol. The lowest BCUT2D eigenvalue weighted by Gasteiger charge is -2.32. The highest BCUT2D eigenvalue weighted by molar-refractivity contribution is 5.78. The summed E-state index contributed by atoms with van der Waals surface area (Å²) in [7, 11) is 0. The minimum absolute atomic E-state index is 0.254. The minimum atomic E-state index is 0.254. The number of amides is 1. The first-order chi connectivity index (χ1) is 11.1. The number of hydrogen-bond donors (Lipinski definition) is 1. The van der Waals surface area contributed by atoms with Crippen molar-refractivity contribution in [1.29, 1.82) is 0 Å². The molecular weight excluding hydrogens is 284 g/mol. The Morgan fingerprint density at radius 1 is 1.00 bits per heavy atom. The van der Waals surface area contributed by atoms with Crippen molar-refractivity contribution < 1.29 is 4.79 Å². The van der Waals surface area contributed by atoms with Crippen LogP contribution in [0.4, 0.5) is 0 Å². The van der Waals surface area contributed by atoms with Gasteiger partial charge in [-0.05, 0) is 26.2 Å². The maximum atomic E-state index is 11.7. The molecule has 1 unspecified atom stereocenters.